The topological polar surface area (TPSA) is 26.3 Å². The Balaban J connectivity index is 3.47. The number of hydrogen-bond acceptors (Lipinski definition) is 2. The van der Waals surface area contributed by atoms with E-state index in [1.165, 1.54) is 6.92 Å². The Hall–Kier alpha value is 0.130. The van der Waals surface area contributed by atoms with E-state index >= 15 is 0 Å². The standard InChI is InChI=1S/C11H11Br3O2/c1-5-8(4-12)9(13)6(2)11(10(5)14)16-7(3)15/h4H2,1-3H3. The Morgan fingerprint density at radius 3 is 2.19 bits per heavy atom. The second-order valence-electron chi connectivity index (χ2n) is 3.41. The lowest BCUT2D eigenvalue weighted by molar-refractivity contribution is -0.131. The molecule has 0 aliphatic rings. The van der Waals surface area contributed by atoms with Crippen LogP contribution in [0.25, 0.3) is 0 Å². The van der Waals surface area contributed by atoms with Gasteiger partial charge in [-0.15, -0.1) is 0 Å². The summed E-state index contributed by atoms with van der Waals surface area (Å²) in [6.45, 7) is 5.30. The molecule has 16 heavy (non-hydrogen) atoms. The number of ether oxygens (including phenoxy) is 1. The minimum atomic E-state index is -0.318. The third-order valence-corrected chi connectivity index (χ3v) is 4.88. The van der Waals surface area contributed by atoms with Crippen LogP contribution < -0.4 is 4.74 Å². The van der Waals surface area contributed by atoms with Crippen LogP contribution in [-0.4, -0.2) is 5.97 Å². The highest BCUT2D eigenvalue weighted by molar-refractivity contribution is 9.11. The Morgan fingerprint density at radius 1 is 1.19 bits per heavy atom. The minimum Gasteiger partial charge on any atom is -0.425 e. The molecule has 0 amide bonds. The summed E-state index contributed by atoms with van der Waals surface area (Å²) in [6.07, 6.45) is 0. The van der Waals surface area contributed by atoms with E-state index < -0.39 is 0 Å². The van der Waals surface area contributed by atoms with Crippen molar-refractivity contribution in [1.82, 2.24) is 0 Å². The van der Waals surface area contributed by atoms with Crippen LogP contribution in [0.1, 0.15) is 23.6 Å². The third kappa shape index (κ3) is 2.68. The Bertz CT molecular complexity index is 412. The van der Waals surface area contributed by atoms with Gasteiger partial charge >= 0.3 is 5.97 Å². The fourth-order valence-corrected chi connectivity index (χ4v) is 3.69. The van der Waals surface area contributed by atoms with E-state index in [1.54, 1.807) is 0 Å². The van der Waals surface area contributed by atoms with Gasteiger partial charge in [0.2, 0.25) is 0 Å². The van der Waals surface area contributed by atoms with E-state index in [2.05, 4.69) is 47.8 Å². The molecule has 0 bridgehead atoms. The average Bonchev–Trinajstić information content (AvgIpc) is 2.22. The molecule has 0 aromatic heterocycles. The molecular weight excluding hydrogens is 404 g/mol. The zero-order valence-corrected chi connectivity index (χ0v) is 13.9. The van der Waals surface area contributed by atoms with Crippen LogP contribution in [0.5, 0.6) is 5.75 Å². The van der Waals surface area contributed by atoms with E-state index in [4.69, 9.17) is 4.74 Å². The summed E-state index contributed by atoms with van der Waals surface area (Å²) >= 11 is 10.4. The molecule has 0 spiro atoms. The lowest BCUT2D eigenvalue weighted by Crippen LogP contribution is -2.06. The number of benzene rings is 1. The lowest BCUT2D eigenvalue weighted by atomic mass is 10.1. The van der Waals surface area contributed by atoms with Crippen molar-refractivity contribution >= 4 is 53.8 Å². The van der Waals surface area contributed by atoms with Crippen LogP contribution in [0.15, 0.2) is 8.95 Å². The first-order chi connectivity index (χ1) is 7.40. The smallest absolute Gasteiger partial charge is 0.308 e. The second-order valence-corrected chi connectivity index (χ2v) is 5.56. The van der Waals surface area contributed by atoms with Gasteiger partial charge in [0, 0.05) is 22.3 Å². The number of hydrogen-bond donors (Lipinski definition) is 0. The van der Waals surface area contributed by atoms with Crippen molar-refractivity contribution in [2.45, 2.75) is 26.1 Å². The van der Waals surface area contributed by atoms with Crippen LogP contribution >= 0.6 is 47.8 Å². The van der Waals surface area contributed by atoms with Crippen molar-refractivity contribution in [3.63, 3.8) is 0 Å². The molecule has 5 heteroatoms. The summed E-state index contributed by atoms with van der Waals surface area (Å²) < 4.78 is 7.01. The number of esters is 1. The Morgan fingerprint density at radius 2 is 1.75 bits per heavy atom. The largest absolute Gasteiger partial charge is 0.425 e. The fraction of sp³-hybridized carbons (Fsp3) is 0.364. The molecule has 0 aliphatic heterocycles. The van der Waals surface area contributed by atoms with Crippen LogP contribution in [-0.2, 0) is 10.1 Å². The molecule has 0 heterocycles. The van der Waals surface area contributed by atoms with Gasteiger partial charge in [-0.2, -0.15) is 0 Å². The van der Waals surface area contributed by atoms with Gasteiger partial charge in [-0.05, 0) is 40.9 Å². The molecule has 0 saturated heterocycles. The summed E-state index contributed by atoms with van der Waals surface area (Å²) in [7, 11) is 0. The quantitative estimate of drug-likeness (QED) is 0.400. The van der Waals surface area contributed by atoms with Crippen molar-refractivity contribution in [1.29, 1.82) is 0 Å². The van der Waals surface area contributed by atoms with E-state index in [9.17, 15) is 4.79 Å². The monoisotopic (exact) mass is 412 g/mol. The van der Waals surface area contributed by atoms with Crippen molar-refractivity contribution in [3.8, 4) is 5.75 Å². The van der Waals surface area contributed by atoms with Crippen molar-refractivity contribution in [3.05, 3.63) is 25.6 Å². The normalized spacial score (nSPS) is 10.4. The highest BCUT2D eigenvalue weighted by atomic mass is 79.9. The van der Waals surface area contributed by atoms with Crippen molar-refractivity contribution < 1.29 is 9.53 Å². The third-order valence-electron chi connectivity index (χ3n) is 2.30. The first-order valence-corrected chi connectivity index (χ1v) is 7.32. The van der Waals surface area contributed by atoms with Crippen molar-refractivity contribution in [2.24, 2.45) is 0 Å². The summed E-state index contributed by atoms with van der Waals surface area (Å²) in [4.78, 5) is 11.0. The van der Waals surface area contributed by atoms with Gasteiger partial charge in [-0.25, -0.2) is 0 Å². The molecule has 88 valence electrons. The number of halogens is 3. The molecule has 0 aliphatic carbocycles. The SMILES string of the molecule is CC(=O)Oc1c(C)c(Br)c(CBr)c(C)c1Br. The van der Waals surface area contributed by atoms with E-state index in [-0.39, 0.29) is 5.97 Å². The molecule has 0 saturated carbocycles. The molecule has 0 unspecified atom stereocenters. The lowest BCUT2D eigenvalue weighted by Gasteiger charge is -2.16. The van der Waals surface area contributed by atoms with Gasteiger partial charge in [0.15, 0.2) is 0 Å². The molecule has 1 aromatic rings. The average molecular weight is 415 g/mol. The maximum atomic E-state index is 11.0. The van der Waals surface area contributed by atoms with Gasteiger partial charge in [0.05, 0.1) is 4.47 Å². The van der Waals surface area contributed by atoms with Crippen LogP contribution in [0, 0.1) is 13.8 Å². The molecule has 0 atom stereocenters. The molecular formula is C11H11Br3O2. The van der Waals surface area contributed by atoms with E-state index in [1.807, 2.05) is 13.8 Å². The summed E-state index contributed by atoms with van der Waals surface area (Å²) in [6, 6.07) is 0. The predicted molar refractivity (Wildman–Crippen MR) is 75.3 cm³/mol. The van der Waals surface area contributed by atoms with E-state index in [0.717, 1.165) is 31.0 Å². The van der Waals surface area contributed by atoms with Crippen molar-refractivity contribution in [2.75, 3.05) is 0 Å². The number of rotatable bonds is 2. The Labute approximate surface area is 120 Å². The maximum Gasteiger partial charge on any atom is 0.308 e. The highest BCUT2D eigenvalue weighted by Crippen LogP contribution is 2.40. The molecule has 1 aromatic carbocycles. The van der Waals surface area contributed by atoms with Crippen LogP contribution in [0.3, 0.4) is 0 Å². The molecule has 0 fully saturated rings. The first kappa shape index (κ1) is 14.2. The summed E-state index contributed by atoms with van der Waals surface area (Å²) in [5, 5.41) is 0.749. The van der Waals surface area contributed by atoms with Gasteiger partial charge in [-0.3, -0.25) is 4.79 Å². The second kappa shape index (κ2) is 5.65. The number of carbonyl (C=O) groups excluding carboxylic acids is 1. The fourth-order valence-electron chi connectivity index (χ4n) is 1.38. The zero-order valence-electron chi connectivity index (χ0n) is 9.16. The summed E-state index contributed by atoms with van der Waals surface area (Å²) in [5.74, 6) is 0.267. The van der Waals surface area contributed by atoms with E-state index in [0.29, 0.717) is 5.75 Å². The molecule has 1 rings (SSSR count). The van der Waals surface area contributed by atoms with Gasteiger partial charge < -0.3 is 4.74 Å². The maximum absolute atomic E-state index is 11.0. The van der Waals surface area contributed by atoms with Crippen LogP contribution in [0.4, 0.5) is 0 Å². The van der Waals surface area contributed by atoms with Gasteiger partial charge in [0.1, 0.15) is 5.75 Å². The number of alkyl halides is 1. The van der Waals surface area contributed by atoms with Gasteiger partial charge in [0.25, 0.3) is 0 Å². The minimum absolute atomic E-state index is 0.318. The predicted octanol–water partition coefficient (Wildman–Crippen LogP) is 4.65. The molecule has 0 radical (unpaired) electrons. The Kier molecular flexibility index (Phi) is 5.01. The zero-order chi connectivity index (χ0) is 12.5. The highest BCUT2D eigenvalue weighted by Gasteiger charge is 2.18. The first-order valence-electron chi connectivity index (χ1n) is 4.61. The summed E-state index contributed by atoms with van der Waals surface area (Å²) in [5.41, 5.74) is 3.13. The van der Waals surface area contributed by atoms with Crippen LogP contribution in [0.2, 0.25) is 0 Å². The number of carbonyl (C=O) groups is 1. The molecule has 0 N–H and O–H groups in total. The molecule has 2 nitrogen and oxygen atoms in total. The van der Waals surface area contributed by atoms with Gasteiger partial charge in [-0.1, -0.05) is 31.9 Å².